The van der Waals surface area contributed by atoms with Gasteiger partial charge in [0.2, 0.25) is 0 Å². The summed E-state index contributed by atoms with van der Waals surface area (Å²) in [6.07, 6.45) is 5.65. The maximum atomic E-state index is 5.73. The fraction of sp³-hybridized carbons (Fsp3) is 0.364. The predicted molar refractivity (Wildman–Crippen MR) is 59.8 cm³/mol. The van der Waals surface area contributed by atoms with Crippen molar-refractivity contribution in [2.75, 3.05) is 19.5 Å². The number of nitrogens with two attached hydrogens (primary N) is 1. The van der Waals surface area contributed by atoms with Gasteiger partial charge in [-0.1, -0.05) is 0 Å². The molecular weight excluding hydrogens is 190 g/mol. The highest BCUT2D eigenvalue weighted by Crippen LogP contribution is 2.11. The van der Waals surface area contributed by atoms with Gasteiger partial charge in [-0.05, 0) is 18.6 Å². The van der Waals surface area contributed by atoms with E-state index in [1.165, 1.54) is 0 Å². The van der Waals surface area contributed by atoms with E-state index in [0.29, 0.717) is 0 Å². The first kappa shape index (κ1) is 9.98. The molecular formula is C11H15N3O. The molecule has 0 radical (unpaired) electrons. The first-order valence-corrected chi connectivity index (χ1v) is 5.01. The van der Waals surface area contributed by atoms with Crippen LogP contribution in [0.25, 0.3) is 5.52 Å². The van der Waals surface area contributed by atoms with Gasteiger partial charge in [0.15, 0.2) is 0 Å². The molecule has 4 heteroatoms. The summed E-state index contributed by atoms with van der Waals surface area (Å²) in [6, 6.07) is 3.86. The molecule has 0 atom stereocenters. The van der Waals surface area contributed by atoms with Gasteiger partial charge >= 0.3 is 0 Å². The molecule has 0 fully saturated rings. The van der Waals surface area contributed by atoms with Crippen molar-refractivity contribution in [1.82, 2.24) is 9.38 Å². The molecule has 0 spiro atoms. The van der Waals surface area contributed by atoms with E-state index in [0.717, 1.165) is 36.5 Å². The first-order chi connectivity index (χ1) is 7.31. The molecule has 0 saturated carbocycles. The van der Waals surface area contributed by atoms with Gasteiger partial charge in [-0.2, -0.15) is 0 Å². The summed E-state index contributed by atoms with van der Waals surface area (Å²) in [5.41, 5.74) is 7.57. The number of rotatable bonds is 4. The summed E-state index contributed by atoms with van der Waals surface area (Å²) < 4.78 is 7.05. The van der Waals surface area contributed by atoms with Crippen molar-refractivity contribution in [2.45, 2.75) is 12.8 Å². The van der Waals surface area contributed by atoms with Crippen LogP contribution in [-0.2, 0) is 11.2 Å². The van der Waals surface area contributed by atoms with E-state index in [9.17, 15) is 0 Å². The Bertz CT molecular complexity index is 450. The lowest BCUT2D eigenvalue weighted by molar-refractivity contribution is 0.194. The van der Waals surface area contributed by atoms with Gasteiger partial charge in [0, 0.05) is 32.0 Å². The van der Waals surface area contributed by atoms with Crippen LogP contribution in [0, 0.1) is 0 Å². The van der Waals surface area contributed by atoms with Crippen LogP contribution < -0.4 is 5.73 Å². The molecule has 0 aliphatic carbocycles. The van der Waals surface area contributed by atoms with Crippen molar-refractivity contribution in [3.63, 3.8) is 0 Å². The van der Waals surface area contributed by atoms with Gasteiger partial charge in [0.1, 0.15) is 5.82 Å². The average Bonchev–Trinajstić information content (AvgIpc) is 2.62. The van der Waals surface area contributed by atoms with Crippen molar-refractivity contribution in [3.8, 4) is 0 Å². The minimum Gasteiger partial charge on any atom is -0.398 e. The van der Waals surface area contributed by atoms with Crippen LogP contribution >= 0.6 is 0 Å². The van der Waals surface area contributed by atoms with Crippen LogP contribution in [0.4, 0.5) is 5.69 Å². The average molecular weight is 205 g/mol. The molecule has 0 aliphatic rings. The van der Waals surface area contributed by atoms with Crippen molar-refractivity contribution < 1.29 is 4.74 Å². The van der Waals surface area contributed by atoms with Gasteiger partial charge in [-0.15, -0.1) is 0 Å². The van der Waals surface area contributed by atoms with E-state index in [-0.39, 0.29) is 0 Å². The molecule has 80 valence electrons. The Kier molecular flexibility index (Phi) is 2.87. The van der Waals surface area contributed by atoms with E-state index in [2.05, 4.69) is 4.98 Å². The molecule has 2 aromatic heterocycles. The van der Waals surface area contributed by atoms with Crippen LogP contribution in [0.15, 0.2) is 24.5 Å². The van der Waals surface area contributed by atoms with Crippen molar-refractivity contribution in [1.29, 1.82) is 0 Å². The number of nitrogen functional groups attached to an aromatic ring is 1. The smallest absolute Gasteiger partial charge is 0.113 e. The van der Waals surface area contributed by atoms with Crippen molar-refractivity contribution in [2.24, 2.45) is 0 Å². The summed E-state index contributed by atoms with van der Waals surface area (Å²) in [4.78, 5) is 4.36. The quantitative estimate of drug-likeness (QED) is 0.769. The highest BCUT2D eigenvalue weighted by Gasteiger charge is 2.02. The van der Waals surface area contributed by atoms with Crippen LogP contribution in [0.2, 0.25) is 0 Å². The molecule has 4 nitrogen and oxygen atoms in total. The zero-order valence-electron chi connectivity index (χ0n) is 8.81. The highest BCUT2D eigenvalue weighted by atomic mass is 16.5. The molecule has 0 saturated heterocycles. The van der Waals surface area contributed by atoms with Crippen LogP contribution in [0.5, 0.6) is 0 Å². The fourth-order valence-corrected chi connectivity index (χ4v) is 1.62. The standard InChI is InChI=1S/C11H15N3O/c1-15-6-2-3-11-13-7-10-5-4-9(12)8-14(10)11/h4-5,7-8H,2-3,6,12H2,1H3. The third kappa shape index (κ3) is 2.10. The van der Waals surface area contributed by atoms with E-state index >= 15 is 0 Å². The number of ether oxygens (including phenoxy) is 1. The number of pyridine rings is 1. The maximum absolute atomic E-state index is 5.73. The molecule has 0 unspecified atom stereocenters. The summed E-state index contributed by atoms with van der Waals surface area (Å²) in [6.45, 7) is 0.761. The number of methoxy groups -OCH3 is 1. The number of hydrogen-bond acceptors (Lipinski definition) is 3. The lowest BCUT2D eigenvalue weighted by Gasteiger charge is -2.02. The van der Waals surface area contributed by atoms with E-state index in [1.54, 1.807) is 7.11 Å². The Balaban J connectivity index is 2.23. The highest BCUT2D eigenvalue weighted by molar-refractivity contribution is 5.52. The number of imidazole rings is 1. The second-order valence-electron chi connectivity index (χ2n) is 3.53. The summed E-state index contributed by atoms with van der Waals surface area (Å²) in [5.74, 6) is 1.04. The Morgan fingerprint density at radius 2 is 2.33 bits per heavy atom. The van der Waals surface area contributed by atoms with Crippen LogP contribution in [-0.4, -0.2) is 23.1 Å². The molecule has 0 amide bonds. The lowest BCUT2D eigenvalue weighted by Crippen LogP contribution is -1.99. The third-order valence-electron chi connectivity index (χ3n) is 2.38. The summed E-state index contributed by atoms with van der Waals surface area (Å²) in [7, 11) is 1.71. The number of aryl methyl sites for hydroxylation is 1. The number of nitrogens with zero attached hydrogens (tertiary/aromatic N) is 2. The Hall–Kier alpha value is -1.55. The maximum Gasteiger partial charge on any atom is 0.113 e. The number of hydrogen-bond donors (Lipinski definition) is 1. The normalized spacial score (nSPS) is 11.0. The second-order valence-corrected chi connectivity index (χ2v) is 3.53. The molecule has 0 aliphatic heterocycles. The van der Waals surface area contributed by atoms with Gasteiger partial charge in [0.25, 0.3) is 0 Å². The molecule has 2 heterocycles. The van der Waals surface area contributed by atoms with Crippen LogP contribution in [0.1, 0.15) is 12.2 Å². The Morgan fingerprint density at radius 1 is 1.47 bits per heavy atom. The predicted octanol–water partition coefficient (Wildman–Crippen LogP) is 1.50. The van der Waals surface area contributed by atoms with Crippen molar-refractivity contribution in [3.05, 3.63) is 30.4 Å². The van der Waals surface area contributed by atoms with Crippen LogP contribution in [0.3, 0.4) is 0 Å². The molecule has 2 aromatic rings. The topological polar surface area (TPSA) is 52.5 Å². The third-order valence-corrected chi connectivity index (χ3v) is 2.38. The molecule has 0 bridgehead atoms. The molecule has 2 rings (SSSR count). The Morgan fingerprint density at radius 3 is 3.13 bits per heavy atom. The van der Waals surface area contributed by atoms with Gasteiger partial charge in [-0.25, -0.2) is 4.98 Å². The zero-order valence-corrected chi connectivity index (χ0v) is 8.81. The first-order valence-electron chi connectivity index (χ1n) is 5.01. The van der Waals surface area contributed by atoms with Crippen molar-refractivity contribution >= 4 is 11.2 Å². The largest absolute Gasteiger partial charge is 0.398 e. The minimum atomic E-state index is 0.758. The Labute approximate surface area is 88.7 Å². The van der Waals surface area contributed by atoms with Gasteiger partial charge < -0.3 is 14.9 Å². The monoisotopic (exact) mass is 205 g/mol. The minimum absolute atomic E-state index is 0.758. The number of anilines is 1. The second kappa shape index (κ2) is 4.31. The molecule has 2 N–H and O–H groups in total. The summed E-state index contributed by atoms with van der Waals surface area (Å²) in [5, 5.41) is 0. The van der Waals surface area contributed by atoms with Gasteiger partial charge in [0.05, 0.1) is 11.7 Å². The van der Waals surface area contributed by atoms with E-state index in [1.807, 2.05) is 28.9 Å². The molecule has 0 aromatic carbocycles. The number of aromatic nitrogens is 2. The summed E-state index contributed by atoms with van der Waals surface area (Å²) >= 11 is 0. The SMILES string of the molecule is COCCCc1ncc2ccc(N)cn12. The zero-order chi connectivity index (χ0) is 10.7. The van der Waals surface area contributed by atoms with Gasteiger partial charge in [-0.3, -0.25) is 0 Å². The number of fused-ring (bicyclic) bond motifs is 1. The molecule has 15 heavy (non-hydrogen) atoms. The van der Waals surface area contributed by atoms with E-state index in [4.69, 9.17) is 10.5 Å². The lowest BCUT2D eigenvalue weighted by atomic mass is 10.3. The fourth-order valence-electron chi connectivity index (χ4n) is 1.62. The van der Waals surface area contributed by atoms with E-state index < -0.39 is 0 Å².